The van der Waals surface area contributed by atoms with Crippen molar-refractivity contribution in [2.75, 3.05) is 31.1 Å². The number of piperazine rings is 1. The Morgan fingerprint density at radius 2 is 2.18 bits per heavy atom. The van der Waals surface area contributed by atoms with Gasteiger partial charge < -0.3 is 15.0 Å². The monoisotopic (exact) mass is 234 g/mol. The molecule has 1 atom stereocenters. The lowest BCUT2D eigenvalue weighted by Crippen LogP contribution is -2.50. The van der Waals surface area contributed by atoms with Gasteiger partial charge in [0.25, 0.3) is 0 Å². The molecule has 94 valence electrons. The second-order valence-corrected chi connectivity index (χ2v) is 4.41. The predicted molar refractivity (Wildman–Crippen MR) is 71.9 cm³/mol. The standard InChI is InChI=1S/C14H22N2O/c1-3-12-11-16(10-9-15-12)13-7-5-6-8-14(13)17-4-2/h5-8,12,15H,3-4,9-11H2,1-2H3. The van der Waals surface area contributed by atoms with Crippen molar-refractivity contribution in [1.29, 1.82) is 0 Å². The van der Waals surface area contributed by atoms with Crippen molar-refractivity contribution in [1.82, 2.24) is 5.32 Å². The molecule has 0 aliphatic carbocycles. The highest BCUT2D eigenvalue weighted by Gasteiger charge is 2.20. The average Bonchev–Trinajstić information content (AvgIpc) is 2.40. The molecule has 1 aromatic rings. The zero-order valence-corrected chi connectivity index (χ0v) is 10.8. The van der Waals surface area contributed by atoms with E-state index >= 15 is 0 Å². The normalized spacial score (nSPS) is 20.4. The largest absolute Gasteiger partial charge is 0.492 e. The minimum atomic E-state index is 0.596. The summed E-state index contributed by atoms with van der Waals surface area (Å²) in [6.45, 7) is 8.17. The Kier molecular flexibility index (Phi) is 4.26. The van der Waals surface area contributed by atoms with Crippen LogP contribution in [0, 0.1) is 0 Å². The lowest BCUT2D eigenvalue weighted by Gasteiger charge is -2.35. The minimum Gasteiger partial charge on any atom is -0.492 e. The summed E-state index contributed by atoms with van der Waals surface area (Å²) in [5, 5.41) is 3.54. The zero-order valence-electron chi connectivity index (χ0n) is 10.8. The highest BCUT2D eigenvalue weighted by molar-refractivity contribution is 5.58. The van der Waals surface area contributed by atoms with Crippen LogP contribution < -0.4 is 15.0 Å². The van der Waals surface area contributed by atoms with E-state index in [0.29, 0.717) is 6.04 Å². The van der Waals surface area contributed by atoms with Gasteiger partial charge in [-0.3, -0.25) is 0 Å². The predicted octanol–water partition coefficient (Wildman–Crippen LogP) is 2.27. The van der Waals surface area contributed by atoms with E-state index in [4.69, 9.17) is 4.74 Å². The molecule has 1 heterocycles. The number of hydrogen-bond donors (Lipinski definition) is 1. The fraction of sp³-hybridized carbons (Fsp3) is 0.571. The number of nitrogens with one attached hydrogen (secondary N) is 1. The molecule has 1 aromatic carbocycles. The first kappa shape index (κ1) is 12.2. The van der Waals surface area contributed by atoms with E-state index in [1.807, 2.05) is 13.0 Å². The van der Waals surface area contributed by atoms with Gasteiger partial charge in [-0.2, -0.15) is 0 Å². The number of nitrogens with zero attached hydrogens (tertiary/aromatic N) is 1. The third kappa shape index (κ3) is 2.91. The maximum absolute atomic E-state index is 5.70. The van der Waals surface area contributed by atoms with Crippen molar-refractivity contribution in [2.24, 2.45) is 0 Å². The number of anilines is 1. The zero-order chi connectivity index (χ0) is 12.1. The van der Waals surface area contributed by atoms with Crippen LogP contribution in [0.25, 0.3) is 0 Å². The molecular weight excluding hydrogens is 212 g/mol. The second-order valence-electron chi connectivity index (χ2n) is 4.41. The molecule has 3 nitrogen and oxygen atoms in total. The molecule has 0 spiro atoms. The molecule has 1 aliphatic rings. The van der Waals surface area contributed by atoms with Crippen LogP contribution in [-0.2, 0) is 0 Å². The quantitative estimate of drug-likeness (QED) is 0.865. The summed E-state index contributed by atoms with van der Waals surface area (Å²) in [6, 6.07) is 8.93. The number of hydrogen-bond acceptors (Lipinski definition) is 3. The highest BCUT2D eigenvalue weighted by Crippen LogP contribution is 2.28. The van der Waals surface area contributed by atoms with Gasteiger partial charge in [-0.15, -0.1) is 0 Å². The van der Waals surface area contributed by atoms with E-state index < -0.39 is 0 Å². The smallest absolute Gasteiger partial charge is 0.142 e. The van der Waals surface area contributed by atoms with Crippen LogP contribution >= 0.6 is 0 Å². The first-order valence-corrected chi connectivity index (χ1v) is 6.55. The van der Waals surface area contributed by atoms with E-state index in [1.165, 1.54) is 12.1 Å². The van der Waals surface area contributed by atoms with Gasteiger partial charge in [0, 0.05) is 25.7 Å². The highest BCUT2D eigenvalue weighted by atomic mass is 16.5. The molecule has 1 saturated heterocycles. The number of rotatable bonds is 4. The summed E-state index contributed by atoms with van der Waals surface area (Å²) < 4.78 is 5.70. The van der Waals surface area contributed by atoms with E-state index in [1.54, 1.807) is 0 Å². The maximum Gasteiger partial charge on any atom is 0.142 e. The summed E-state index contributed by atoms with van der Waals surface area (Å²) in [7, 11) is 0. The molecular formula is C14H22N2O. The Labute approximate surface area is 104 Å². The number of para-hydroxylation sites is 2. The summed E-state index contributed by atoms with van der Waals surface area (Å²) in [4.78, 5) is 2.43. The lowest BCUT2D eigenvalue weighted by molar-refractivity contribution is 0.338. The van der Waals surface area contributed by atoms with Crippen LogP contribution in [0.5, 0.6) is 5.75 Å². The summed E-state index contributed by atoms with van der Waals surface area (Å²) >= 11 is 0. The van der Waals surface area contributed by atoms with Crippen LogP contribution in [0.4, 0.5) is 5.69 Å². The third-order valence-electron chi connectivity index (χ3n) is 3.25. The van der Waals surface area contributed by atoms with Gasteiger partial charge >= 0.3 is 0 Å². The van der Waals surface area contributed by atoms with Crippen molar-refractivity contribution < 1.29 is 4.74 Å². The molecule has 2 rings (SSSR count). The van der Waals surface area contributed by atoms with Crippen molar-refractivity contribution in [3.8, 4) is 5.75 Å². The van der Waals surface area contributed by atoms with Gasteiger partial charge in [0.1, 0.15) is 5.75 Å². The Hall–Kier alpha value is -1.22. The van der Waals surface area contributed by atoms with Crippen LogP contribution in [0.1, 0.15) is 20.3 Å². The van der Waals surface area contributed by atoms with Gasteiger partial charge in [-0.25, -0.2) is 0 Å². The van der Waals surface area contributed by atoms with Crippen LogP contribution in [-0.4, -0.2) is 32.3 Å². The summed E-state index contributed by atoms with van der Waals surface area (Å²) in [5.74, 6) is 1.01. The van der Waals surface area contributed by atoms with Crippen LogP contribution in [0.3, 0.4) is 0 Å². The lowest BCUT2D eigenvalue weighted by atomic mass is 10.1. The van der Waals surface area contributed by atoms with E-state index in [0.717, 1.165) is 32.0 Å². The second kappa shape index (κ2) is 5.92. The molecule has 0 amide bonds. The SMILES string of the molecule is CCOc1ccccc1N1CCNC(CC)C1. The van der Waals surface area contributed by atoms with E-state index in [2.05, 4.69) is 35.3 Å². The van der Waals surface area contributed by atoms with Gasteiger partial charge in [0.05, 0.1) is 12.3 Å². The molecule has 0 radical (unpaired) electrons. The summed E-state index contributed by atoms with van der Waals surface area (Å²) in [5.41, 5.74) is 1.23. The molecule has 0 bridgehead atoms. The number of benzene rings is 1. The van der Waals surface area contributed by atoms with Crippen molar-refractivity contribution in [3.63, 3.8) is 0 Å². The Morgan fingerprint density at radius 3 is 2.94 bits per heavy atom. The fourth-order valence-corrected chi connectivity index (χ4v) is 2.31. The van der Waals surface area contributed by atoms with E-state index in [-0.39, 0.29) is 0 Å². The minimum absolute atomic E-state index is 0.596. The van der Waals surface area contributed by atoms with Crippen molar-refractivity contribution in [2.45, 2.75) is 26.3 Å². The summed E-state index contributed by atoms with van der Waals surface area (Å²) in [6.07, 6.45) is 1.17. The number of ether oxygens (including phenoxy) is 1. The van der Waals surface area contributed by atoms with Gasteiger partial charge in [-0.05, 0) is 25.5 Å². The molecule has 17 heavy (non-hydrogen) atoms. The van der Waals surface area contributed by atoms with Crippen molar-refractivity contribution >= 4 is 5.69 Å². The molecule has 0 aromatic heterocycles. The molecule has 0 saturated carbocycles. The molecule has 1 fully saturated rings. The molecule has 3 heteroatoms. The van der Waals surface area contributed by atoms with Crippen LogP contribution in [0.2, 0.25) is 0 Å². The average molecular weight is 234 g/mol. The van der Waals surface area contributed by atoms with Crippen molar-refractivity contribution in [3.05, 3.63) is 24.3 Å². The third-order valence-corrected chi connectivity index (χ3v) is 3.25. The Bertz CT molecular complexity index is 354. The Morgan fingerprint density at radius 1 is 1.35 bits per heavy atom. The topological polar surface area (TPSA) is 24.5 Å². The van der Waals surface area contributed by atoms with Gasteiger partial charge in [0.2, 0.25) is 0 Å². The maximum atomic E-state index is 5.70. The van der Waals surface area contributed by atoms with E-state index in [9.17, 15) is 0 Å². The Balaban J connectivity index is 2.15. The van der Waals surface area contributed by atoms with Gasteiger partial charge in [0.15, 0.2) is 0 Å². The molecule has 1 aliphatic heterocycles. The van der Waals surface area contributed by atoms with Gasteiger partial charge in [-0.1, -0.05) is 19.1 Å². The first-order valence-electron chi connectivity index (χ1n) is 6.55. The van der Waals surface area contributed by atoms with Crippen LogP contribution in [0.15, 0.2) is 24.3 Å². The first-order chi connectivity index (χ1) is 8.35. The molecule has 1 N–H and O–H groups in total. The molecule has 1 unspecified atom stereocenters. The fourth-order valence-electron chi connectivity index (χ4n) is 2.31.